The molecule has 0 unspecified atom stereocenters. The molecule has 1 amide bonds. The van der Waals surface area contributed by atoms with Crippen molar-refractivity contribution < 1.29 is 9.18 Å². The number of hydrogen-bond donors (Lipinski definition) is 2. The van der Waals surface area contributed by atoms with Gasteiger partial charge in [-0.2, -0.15) is 0 Å². The van der Waals surface area contributed by atoms with E-state index in [1.165, 1.54) is 12.1 Å². The lowest BCUT2D eigenvalue weighted by atomic mass is 10.1. The van der Waals surface area contributed by atoms with E-state index < -0.39 is 5.82 Å². The van der Waals surface area contributed by atoms with Crippen molar-refractivity contribution in [3.05, 3.63) is 47.4 Å². The first kappa shape index (κ1) is 16.5. The lowest BCUT2D eigenvalue weighted by Crippen LogP contribution is -2.24. The zero-order valence-corrected chi connectivity index (χ0v) is 14.6. The Labute approximate surface area is 150 Å². The van der Waals surface area contributed by atoms with Crippen LogP contribution in [0.3, 0.4) is 0 Å². The highest BCUT2D eigenvalue weighted by molar-refractivity contribution is 5.95. The minimum absolute atomic E-state index is 0.266. The molecule has 1 aliphatic rings. The highest BCUT2D eigenvalue weighted by Gasteiger charge is 2.15. The molecular formula is C19H20FN5O. The van der Waals surface area contributed by atoms with Crippen molar-refractivity contribution in [2.24, 2.45) is 0 Å². The summed E-state index contributed by atoms with van der Waals surface area (Å²) in [4.78, 5) is 16.8. The van der Waals surface area contributed by atoms with Crippen LogP contribution in [0.25, 0.3) is 16.9 Å². The molecule has 0 radical (unpaired) electrons. The molecule has 134 valence electrons. The summed E-state index contributed by atoms with van der Waals surface area (Å²) in [6.45, 7) is 3.35. The van der Waals surface area contributed by atoms with Crippen LogP contribution < -0.4 is 10.6 Å². The number of benzene rings is 1. The second-order valence-electron chi connectivity index (χ2n) is 6.56. The maximum absolute atomic E-state index is 14.2. The van der Waals surface area contributed by atoms with Gasteiger partial charge in [-0.25, -0.2) is 13.9 Å². The third-order valence-electron chi connectivity index (χ3n) is 4.55. The third kappa shape index (κ3) is 3.12. The Morgan fingerprint density at radius 3 is 2.65 bits per heavy atom. The lowest BCUT2D eigenvalue weighted by Gasteiger charge is -2.09. The Morgan fingerprint density at radius 2 is 1.81 bits per heavy atom. The number of nitrogens with one attached hydrogen (secondary N) is 2. The van der Waals surface area contributed by atoms with Crippen LogP contribution >= 0.6 is 0 Å². The smallest absolute Gasteiger partial charge is 0.251 e. The number of imidazole rings is 1. The second-order valence-corrected chi connectivity index (χ2v) is 6.56. The van der Waals surface area contributed by atoms with Crippen molar-refractivity contribution in [2.45, 2.75) is 26.2 Å². The number of rotatable bonds is 0. The van der Waals surface area contributed by atoms with E-state index in [0.717, 1.165) is 37.2 Å². The van der Waals surface area contributed by atoms with Gasteiger partial charge in [0.05, 0.1) is 11.9 Å². The quantitative estimate of drug-likeness (QED) is 0.651. The number of fused-ring (bicyclic) bond motifs is 4. The highest BCUT2D eigenvalue weighted by Crippen LogP contribution is 2.25. The van der Waals surface area contributed by atoms with E-state index in [-0.39, 0.29) is 5.91 Å². The van der Waals surface area contributed by atoms with Gasteiger partial charge in [-0.1, -0.05) is 0 Å². The molecule has 0 saturated heterocycles. The molecule has 2 N–H and O–H groups in total. The largest absolute Gasteiger partial charge is 0.369 e. The van der Waals surface area contributed by atoms with Gasteiger partial charge in [0.15, 0.2) is 5.65 Å². The topological polar surface area (TPSA) is 71.3 Å². The minimum Gasteiger partial charge on any atom is -0.369 e. The Morgan fingerprint density at radius 1 is 1.04 bits per heavy atom. The molecule has 1 aromatic carbocycles. The molecule has 6 nitrogen and oxygen atoms in total. The molecule has 4 rings (SSSR count). The molecule has 2 aromatic heterocycles. The van der Waals surface area contributed by atoms with Crippen molar-refractivity contribution in [1.29, 1.82) is 0 Å². The van der Waals surface area contributed by atoms with Gasteiger partial charge in [0.1, 0.15) is 11.6 Å². The molecule has 3 aromatic rings. The van der Waals surface area contributed by atoms with Crippen LogP contribution in [0.15, 0.2) is 30.5 Å². The monoisotopic (exact) mass is 353 g/mol. The van der Waals surface area contributed by atoms with Gasteiger partial charge in [-0.15, -0.1) is 5.10 Å². The van der Waals surface area contributed by atoms with Gasteiger partial charge in [0.2, 0.25) is 0 Å². The Bertz CT molecular complexity index is 981. The van der Waals surface area contributed by atoms with Gasteiger partial charge >= 0.3 is 0 Å². The number of nitrogens with zero attached hydrogens (tertiary/aromatic N) is 3. The lowest BCUT2D eigenvalue weighted by molar-refractivity contribution is 0.0952. The molecule has 0 spiro atoms. The summed E-state index contributed by atoms with van der Waals surface area (Å²) in [5.41, 5.74) is 3.21. The first-order valence-corrected chi connectivity index (χ1v) is 8.80. The van der Waals surface area contributed by atoms with E-state index in [1.54, 1.807) is 16.8 Å². The SMILES string of the molecule is Cc1cc2nn3c(cnc13)-c1cc(F)cc(c1)C(=O)NCCCCCN2. The number of carbonyl (C=O) groups is 1. The number of halogens is 1. The molecule has 0 aliphatic carbocycles. The van der Waals surface area contributed by atoms with Crippen molar-refractivity contribution in [2.75, 3.05) is 18.4 Å². The fourth-order valence-electron chi connectivity index (χ4n) is 3.22. The Hall–Kier alpha value is -2.96. The summed E-state index contributed by atoms with van der Waals surface area (Å²) >= 11 is 0. The van der Waals surface area contributed by atoms with Crippen LogP contribution in [0.5, 0.6) is 0 Å². The summed E-state index contributed by atoms with van der Waals surface area (Å²) < 4.78 is 15.9. The fourth-order valence-corrected chi connectivity index (χ4v) is 3.22. The van der Waals surface area contributed by atoms with E-state index in [1.807, 2.05) is 13.0 Å². The van der Waals surface area contributed by atoms with Gasteiger partial charge in [0.25, 0.3) is 5.91 Å². The average molecular weight is 353 g/mol. The molecule has 1 aliphatic heterocycles. The van der Waals surface area contributed by atoms with Crippen LogP contribution in [0.1, 0.15) is 35.2 Å². The molecule has 3 heterocycles. The summed E-state index contributed by atoms with van der Waals surface area (Å²) in [5.74, 6) is 0.0327. The maximum atomic E-state index is 14.2. The van der Waals surface area contributed by atoms with Crippen molar-refractivity contribution >= 4 is 17.4 Å². The first-order valence-electron chi connectivity index (χ1n) is 8.80. The van der Waals surface area contributed by atoms with Crippen LogP contribution in [-0.4, -0.2) is 33.6 Å². The highest BCUT2D eigenvalue weighted by atomic mass is 19.1. The van der Waals surface area contributed by atoms with E-state index in [0.29, 0.717) is 29.0 Å². The molecule has 7 heteroatoms. The molecule has 0 atom stereocenters. The minimum atomic E-state index is -0.460. The second kappa shape index (κ2) is 6.74. The summed E-state index contributed by atoms with van der Waals surface area (Å²) in [7, 11) is 0. The van der Waals surface area contributed by atoms with Crippen LogP contribution in [0.4, 0.5) is 10.2 Å². The standard InChI is InChI=1S/C19H20FN5O/c1-12-7-17-21-5-3-2-4-6-22-19(26)14-8-13(9-15(20)10-14)16-11-23-18(12)25(16)24-17/h7-11H,2-6H2,1H3,(H,21,24)(H,22,26). The van der Waals surface area contributed by atoms with Crippen molar-refractivity contribution in [3.8, 4) is 11.3 Å². The number of anilines is 1. The number of aromatic nitrogens is 3. The fraction of sp³-hybridized carbons (Fsp3) is 0.316. The summed E-state index contributed by atoms with van der Waals surface area (Å²) in [6.07, 6.45) is 4.51. The van der Waals surface area contributed by atoms with E-state index in [2.05, 4.69) is 20.7 Å². The van der Waals surface area contributed by atoms with Gasteiger partial charge in [-0.3, -0.25) is 4.79 Å². The predicted molar refractivity (Wildman–Crippen MR) is 97.8 cm³/mol. The number of carbonyl (C=O) groups excluding carboxylic acids is 1. The Kier molecular flexibility index (Phi) is 4.28. The molecule has 26 heavy (non-hydrogen) atoms. The molecular weight excluding hydrogens is 333 g/mol. The number of aryl methyl sites for hydroxylation is 1. The van der Waals surface area contributed by atoms with Crippen LogP contribution in [0, 0.1) is 12.7 Å². The van der Waals surface area contributed by atoms with Gasteiger partial charge < -0.3 is 10.6 Å². The van der Waals surface area contributed by atoms with E-state index in [9.17, 15) is 9.18 Å². The van der Waals surface area contributed by atoms with E-state index in [4.69, 9.17) is 0 Å². The maximum Gasteiger partial charge on any atom is 0.251 e. The Balaban J connectivity index is 1.89. The average Bonchev–Trinajstić information content (AvgIpc) is 3.04. The molecule has 0 saturated carbocycles. The normalized spacial score (nSPS) is 15.2. The van der Waals surface area contributed by atoms with Gasteiger partial charge in [0, 0.05) is 24.2 Å². The van der Waals surface area contributed by atoms with Gasteiger partial charge in [-0.05, 0) is 56.0 Å². The third-order valence-corrected chi connectivity index (χ3v) is 4.55. The van der Waals surface area contributed by atoms with E-state index >= 15 is 0 Å². The molecule has 0 fully saturated rings. The van der Waals surface area contributed by atoms with Crippen molar-refractivity contribution in [3.63, 3.8) is 0 Å². The number of amides is 1. The first-order chi connectivity index (χ1) is 12.6. The van der Waals surface area contributed by atoms with Crippen LogP contribution in [0.2, 0.25) is 0 Å². The zero-order valence-electron chi connectivity index (χ0n) is 14.6. The zero-order chi connectivity index (χ0) is 18.1. The van der Waals surface area contributed by atoms with Crippen LogP contribution in [-0.2, 0) is 0 Å². The summed E-state index contributed by atoms with van der Waals surface area (Å²) in [5, 5.41) is 10.8. The number of hydrogen-bond acceptors (Lipinski definition) is 4. The molecule has 4 bridgehead atoms. The summed E-state index contributed by atoms with van der Waals surface area (Å²) in [6, 6.07) is 6.30. The predicted octanol–water partition coefficient (Wildman–Crippen LogP) is 3.17. The van der Waals surface area contributed by atoms with Crippen molar-refractivity contribution in [1.82, 2.24) is 19.9 Å².